The molecule has 0 radical (unpaired) electrons. The van der Waals surface area contributed by atoms with Crippen LogP contribution >= 0.6 is 11.3 Å². The van der Waals surface area contributed by atoms with E-state index in [1.807, 2.05) is 6.92 Å². The molecule has 0 spiro atoms. The zero-order valence-corrected chi connectivity index (χ0v) is 15.1. The SMILES string of the molecule is CCCNC(=O)CN1CCc2nc(NC(=O)c3cc(C)on3)sc2C1. The van der Waals surface area contributed by atoms with Gasteiger partial charge in [0.25, 0.3) is 5.91 Å². The summed E-state index contributed by atoms with van der Waals surface area (Å²) in [7, 11) is 0. The molecule has 25 heavy (non-hydrogen) atoms. The van der Waals surface area contributed by atoms with Gasteiger partial charge in [0.05, 0.1) is 12.2 Å². The number of hydrogen-bond acceptors (Lipinski definition) is 7. The zero-order chi connectivity index (χ0) is 17.8. The molecule has 0 atom stereocenters. The lowest BCUT2D eigenvalue weighted by atomic mass is 10.2. The molecule has 0 fully saturated rings. The van der Waals surface area contributed by atoms with Gasteiger partial charge >= 0.3 is 0 Å². The Bertz CT molecular complexity index is 770. The van der Waals surface area contributed by atoms with Gasteiger partial charge in [-0.1, -0.05) is 12.1 Å². The van der Waals surface area contributed by atoms with Crippen molar-refractivity contribution in [2.45, 2.75) is 33.2 Å². The fraction of sp³-hybridized carbons (Fsp3) is 0.500. The Morgan fingerprint density at radius 3 is 3.00 bits per heavy atom. The Hall–Kier alpha value is -2.26. The van der Waals surface area contributed by atoms with Gasteiger partial charge < -0.3 is 9.84 Å². The van der Waals surface area contributed by atoms with E-state index in [1.165, 1.54) is 11.3 Å². The molecule has 1 aliphatic rings. The first-order chi connectivity index (χ1) is 12.0. The van der Waals surface area contributed by atoms with E-state index in [0.717, 1.165) is 30.0 Å². The fourth-order valence-corrected chi connectivity index (χ4v) is 3.64. The summed E-state index contributed by atoms with van der Waals surface area (Å²) in [5.74, 6) is 0.295. The van der Waals surface area contributed by atoms with E-state index >= 15 is 0 Å². The number of fused-ring (bicyclic) bond motifs is 1. The number of anilines is 1. The molecule has 2 N–H and O–H groups in total. The van der Waals surface area contributed by atoms with Crippen LogP contribution in [0.3, 0.4) is 0 Å². The van der Waals surface area contributed by atoms with Crippen molar-refractivity contribution in [3.63, 3.8) is 0 Å². The van der Waals surface area contributed by atoms with E-state index < -0.39 is 0 Å². The first-order valence-corrected chi connectivity index (χ1v) is 9.09. The molecule has 0 aromatic carbocycles. The highest BCUT2D eigenvalue weighted by atomic mass is 32.1. The van der Waals surface area contributed by atoms with Crippen LogP contribution in [0.4, 0.5) is 5.13 Å². The molecule has 0 aliphatic carbocycles. The summed E-state index contributed by atoms with van der Waals surface area (Å²) in [6.07, 6.45) is 1.70. The summed E-state index contributed by atoms with van der Waals surface area (Å²) in [5, 5.41) is 9.90. The summed E-state index contributed by atoms with van der Waals surface area (Å²) >= 11 is 1.44. The third-order valence-corrected chi connectivity index (χ3v) is 4.83. The number of amides is 2. The Labute approximate surface area is 149 Å². The number of carbonyl (C=O) groups excluding carboxylic acids is 2. The molecule has 0 saturated heterocycles. The van der Waals surface area contributed by atoms with Crippen LogP contribution in [0.2, 0.25) is 0 Å². The van der Waals surface area contributed by atoms with Crippen molar-refractivity contribution in [1.82, 2.24) is 20.4 Å². The Morgan fingerprint density at radius 2 is 2.28 bits per heavy atom. The van der Waals surface area contributed by atoms with E-state index in [0.29, 0.717) is 30.5 Å². The third kappa shape index (κ3) is 4.43. The Morgan fingerprint density at radius 1 is 1.44 bits per heavy atom. The maximum absolute atomic E-state index is 12.1. The van der Waals surface area contributed by atoms with E-state index in [2.05, 4.69) is 25.7 Å². The van der Waals surface area contributed by atoms with Gasteiger partial charge in [-0.05, 0) is 13.3 Å². The largest absolute Gasteiger partial charge is 0.361 e. The number of nitrogens with one attached hydrogen (secondary N) is 2. The monoisotopic (exact) mass is 363 g/mol. The number of carbonyl (C=O) groups is 2. The van der Waals surface area contributed by atoms with Gasteiger partial charge in [-0.3, -0.25) is 19.8 Å². The maximum atomic E-state index is 12.1. The number of aromatic nitrogens is 2. The van der Waals surface area contributed by atoms with Crippen LogP contribution in [0.25, 0.3) is 0 Å². The Balaban J connectivity index is 1.59. The molecule has 2 amide bonds. The van der Waals surface area contributed by atoms with Gasteiger partial charge in [-0.15, -0.1) is 11.3 Å². The summed E-state index contributed by atoms with van der Waals surface area (Å²) in [5.41, 5.74) is 1.22. The van der Waals surface area contributed by atoms with Gasteiger partial charge in [0.15, 0.2) is 10.8 Å². The van der Waals surface area contributed by atoms with Crippen LogP contribution in [0.1, 0.15) is 40.2 Å². The molecule has 0 unspecified atom stereocenters. The molecule has 3 heterocycles. The molecule has 134 valence electrons. The van der Waals surface area contributed by atoms with Crippen molar-refractivity contribution in [3.8, 4) is 0 Å². The average molecular weight is 363 g/mol. The minimum atomic E-state index is -0.334. The highest BCUT2D eigenvalue weighted by Gasteiger charge is 2.23. The van der Waals surface area contributed by atoms with Crippen molar-refractivity contribution in [2.24, 2.45) is 0 Å². The van der Waals surface area contributed by atoms with Crippen LogP contribution < -0.4 is 10.6 Å². The summed E-state index contributed by atoms with van der Waals surface area (Å²) in [6, 6.07) is 1.58. The smallest absolute Gasteiger partial charge is 0.279 e. The lowest BCUT2D eigenvalue weighted by molar-refractivity contribution is -0.122. The minimum Gasteiger partial charge on any atom is -0.361 e. The van der Waals surface area contributed by atoms with Crippen molar-refractivity contribution in [2.75, 3.05) is 25.0 Å². The maximum Gasteiger partial charge on any atom is 0.279 e. The zero-order valence-electron chi connectivity index (χ0n) is 14.3. The van der Waals surface area contributed by atoms with Gasteiger partial charge in [-0.2, -0.15) is 0 Å². The molecule has 8 nitrogen and oxygen atoms in total. The average Bonchev–Trinajstić information content (AvgIpc) is 3.18. The lowest BCUT2D eigenvalue weighted by Gasteiger charge is -2.25. The number of nitrogens with zero attached hydrogens (tertiary/aromatic N) is 3. The number of rotatable bonds is 6. The van der Waals surface area contributed by atoms with Gasteiger partial charge in [0.1, 0.15) is 5.76 Å². The standard InChI is InChI=1S/C16H21N5O3S/c1-3-5-17-14(22)9-21-6-4-11-13(8-21)25-16(18-11)19-15(23)12-7-10(2)24-20-12/h7H,3-6,8-9H2,1-2H3,(H,17,22)(H,18,19,23). The number of thiazole rings is 1. The van der Waals surface area contributed by atoms with Crippen molar-refractivity contribution >= 4 is 28.3 Å². The Kier molecular flexibility index (Phi) is 5.44. The van der Waals surface area contributed by atoms with E-state index in [1.54, 1.807) is 13.0 Å². The van der Waals surface area contributed by atoms with Crippen LogP contribution in [0.15, 0.2) is 10.6 Å². The van der Waals surface area contributed by atoms with Crippen LogP contribution in [-0.4, -0.2) is 46.5 Å². The van der Waals surface area contributed by atoms with Crippen LogP contribution in [0, 0.1) is 6.92 Å². The highest BCUT2D eigenvalue weighted by molar-refractivity contribution is 7.15. The molecule has 1 aliphatic heterocycles. The highest BCUT2D eigenvalue weighted by Crippen LogP contribution is 2.28. The third-order valence-electron chi connectivity index (χ3n) is 3.83. The molecule has 0 bridgehead atoms. The molecule has 9 heteroatoms. The summed E-state index contributed by atoms with van der Waals surface area (Å²) < 4.78 is 4.91. The fourth-order valence-electron chi connectivity index (χ4n) is 2.59. The molecular formula is C16H21N5O3S. The molecule has 3 rings (SSSR count). The first-order valence-electron chi connectivity index (χ1n) is 8.27. The summed E-state index contributed by atoms with van der Waals surface area (Å²) in [6.45, 7) is 6.31. The quantitative estimate of drug-likeness (QED) is 0.808. The molecule has 2 aromatic rings. The first kappa shape index (κ1) is 17.6. The summed E-state index contributed by atoms with van der Waals surface area (Å²) in [4.78, 5) is 31.6. The number of aryl methyl sites for hydroxylation is 1. The van der Waals surface area contributed by atoms with E-state index in [9.17, 15) is 9.59 Å². The second kappa shape index (κ2) is 7.75. The van der Waals surface area contributed by atoms with Gasteiger partial charge in [0.2, 0.25) is 5.91 Å². The predicted octanol–water partition coefficient (Wildman–Crippen LogP) is 1.58. The van der Waals surface area contributed by atoms with Crippen molar-refractivity contribution in [1.29, 1.82) is 0 Å². The molecule has 0 saturated carbocycles. The van der Waals surface area contributed by atoms with E-state index in [-0.39, 0.29) is 17.5 Å². The minimum absolute atomic E-state index is 0.0461. The van der Waals surface area contributed by atoms with Crippen molar-refractivity contribution in [3.05, 3.63) is 28.1 Å². The van der Waals surface area contributed by atoms with Gasteiger partial charge in [0, 0.05) is 37.0 Å². The predicted molar refractivity (Wildman–Crippen MR) is 93.6 cm³/mol. The second-order valence-electron chi connectivity index (χ2n) is 5.98. The topological polar surface area (TPSA) is 100 Å². The van der Waals surface area contributed by atoms with Gasteiger partial charge in [-0.25, -0.2) is 4.98 Å². The molecule has 2 aromatic heterocycles. The number of hydrogen-bond donors (Lipinski definition) is 2. The lowest BCUT2D eigenvalue weighted by Crippen LogP contribution is -2.39. The van der Waals surface area contributed by atoms with Crippen molar-refractivity contribution < 1.29 is 14.1 Å². The van der Waals surface area contributed by atoms with E-state index in [4.69, 9.17) is 4.52 Å². The van der Waals surface area contributed by atoms with Crippen LogP contribution in [-0.2, 0) is 17.8 Å². The van der Waals surface area contributed by atoms with Crippen LogP contribution in [0.5, 0.6) is 0 Å². The second-order valence-corrected chi connectivity index (χ2v) is 7.06. The molecular weight excluding hydrogens is 342 g/mol. The normalized spacial score (nSPS) is 14.2.